The summed E-state index contributed by atoms with van der Waals surface area (Å²) in [5.41, 5.74) is 3.83. The Labute approximate surface area is 192 Å². The molecule has 1 atom stereocenters. The van der Waals surface area contributed by atoms with Gasteiger partial charge in [0.15, 0.2) is 0 Å². The van der Waals surface area contributed by atoms with Gasteiger partial charge in [-0.25, -0.2) is 0 Å². The van der Waals surface area contributed by atoms with E-state index in [2.05, 4.69) is 17.5 Å². The van der Waals surface area contributed by atoms with Crippen LogP contribution in [0.2, 0.25) is 0 Å². The molecule has 0 radical (unpaired) electrons. The lowest BCUT2D eigenvalue weighted by atomic mass is 9.99. The molecule has 0 fully saturated rings. The van der Waals surface area contributed by atoms with Crippen LogP contribution in [0.4, 0.5) is 18.9 Å². The summed E-state index contributed by atoms with van der Waals surface area (Å²) in [5, 5.41) is 12.9. The Morgan fingerprint density at radius 1 is 1.30 bits per heavy atom. The molecular weight excluding hydrogens is 431 g/mol. The lowest BCUT2D eigenvalue weighted by Crippen LogP contribution is -2.32. The number of benzene rings is 2. The molecule has 1 aliphatic heterocycles. The molecule has 176 valence electrons. The van der Waals surface area contributed by atoms with Gasteiger partial charge in [-0.2, -0.15) is 18.4 Å². The van der Waals surface area contributed by atoms with E-state index >= 15 is 0 Å². The smallest absolute Gasteiger partial charge is 0.389 e. The molecule has 33 heavy (non-hydrogen) atoms. The highest BCUT2D eigenvalue weighted by atomic mass is 19.4. The van der Waals surface area contributed by atoms with Crippen molar-refractivity contribution >= 4 is 11.6 Å². The van der Waals surface area contributed by atoms with Gasteiger partial charge in [0.1, 0.15) is 18.4 Å². The Balaban J connectivity index is 1.52. The molecule has 1 N–H and O–H groups in total. The second-order valence-corrected chi connectivity index (χ2v) is 8.31. The van der Waals surface area contributed by atoms with Crippen LogP contribution in [0.3, 0.4) is 0 Å². The molecule has 1 amide bonds. The number of alkyl halides is 3. The largest absolute Gasteiger partial charge is 0.492 e. The molecule has 0 saturated carbocycles. The highest BCUT2D eigenvalue weighted by molar-refractivity contribution is 5.95. The number of para-hydroxylation sites is 1. The van der Waals surface area contributed by atoms with Crippen LogP contribution in [0.15, 0.2) is 36.4 Å². The van der Waals surface area contributed by atoms with E-state index in [9.17, 15) is 23.2 Å². The van der Waals surface area contributed by atoms with Gasteiger partial charge in [0, 0.05) is 32.5 Å². The number of anilines is 1. The molecule has 2 aromatic rings. The van der Waals surface area contributed by atoms with Crippen molar-refractivity contribution < 1.29 is 22.7 Å². The average Bonchev–Trinajstić information content (AvgIpc) is 3.19. The van der Waals surface area contributed by atoms with Crippen LogP contribution < -0.4 is 15.0 Å². The fourth-order valence-electron chi connectivity index (χ4n) is 4.15. The monoisotopic (exact) mass is 459 g/mol. The maximum Gasteiger partial charge on any atom is 0.389 e. The third-order valence-corrected chi connectivity index (χ3v) is 5.67. The summed E-state index contributed by atoms with van der Waals surface area (Å²) in [4.78, 5) is 13.5. The zero-order valence-corrected chi connectivity index (χ0v) is 18.8. The number of nitrogens with zero attached hydrogens (tertiary/aromatic N) is 2. The molecule has 3 rings (SSSR count). The highest BCUT2D eigenvalue weighted by Gasteiger charge is 2.27. The first-order valence-electron chi connectivity index (χ1n) is 11.0. The molecule has 2 aromatic carbocycles. The van der Waals surface area contributed by atoms with Crippen molar-refractivity contribution in [3.8, 4) is 11.8 Å². The van der Waals surface area contributed by atoms with Crippen LogP contribution >= 0.6 is 0 Å². The number of rotatable bonds is 9. The minimum absolute atomic E-state index is 0.0620. The lowest BCUT2D eigenvalue weighted by Gasteiger charge is -2.18. The quantitative estimate of drug-likeness (QED) is 0.559. The third-order valence-electron chi connectivity index (χ3n) is 5.67. The van der Waals surface area contributed by atoms with Crippen LogP contribution in [-0.4, -0.2) is 37.8 Å². The van der Waals surface area contributed by atoms with E-state index in [-0.39, 0.29) is 18.4 Å². The van der Waals surface area contributed by atoms with Crippen molar-refractivity contribution in [3.05, 3.63) is 58.7 Å². The van der Waals surface area contributed by atoms with Crippen molar-refractivity contribution in [2.24, 2.45) is 0 Å². The Bertz CT molecular complexity index is 1030. The fourth-order valence-corrected chi connectivity index (χ4v) is 4.15. The zero-order valence-electron chi connectivity index (χ0n) is 18.8. The second kappa shape index (κ2) is 10.7. The van der Waals surface area contributed by atoms with Gasteiger partial charge in [0.2, 0.25) is 5.91 Å². The van der Waals surface area contributed by atoms with Crippen LogP contribution in [0.5, 0.6) is 5.75 Å². The first kappa shape index (κ1) is 24.6. The average molecular weight is 460 g/mol. The molecule has 5 nitrogen and oxygen atoms in total. The van der Waals surface area contributed by atoms with E-state index in [0.717, 1.165) is 23.2 Å². The number of hydrogen-bond acceptors (Lipinski definition) is 4. The van der Waals surface area contributed by atoms with Crippen molar-refractivity contribution in [2.45, 2.75) is 51.7 Å². The summed E-state index contributed by atoms with van der Waals surface area (Å²) in [5.74, 6) is 0.413. The fraction of sp³-hybridized carbons (Fsp3) is 0.440. The molecule has 0 saturated heterocycles. The minimum Gasteiger partial charge on any atom is -0.492 e. The van der Waals surface area contributed by atoms with Gasteiger partial charge in [-0.05, 0) is 55.0 Å². The van der Waals surface area contributed by atoms with Gasteiger partial charge in [-0.15, -0.1) is 0 Å². The van der Waals surface area contributed by atoms with Gasteiger partial charge in [-0.1, -0.05) is 24.3 Å². The summed E-state index contributed by atoms with van der Waals surface area (Å²) >= 11 is 0. The molecular formula is C25H28F3N3O2. The Morgan fingerprint density at radius 2 is 2.06 bits per heavy atom. The molecule has 0 spiro atoms. The predicted octanol–water partition coefficient (Wildman–Crippen LogP) is 4.56. The number of fused-ring (bicyclic) bond motifs is 1. The van der Waals surface area contributed by atoms with E-state index in [1.54, 1.807) is 29.2 Å². The van der Waals surface area contributed by atoms with Crippen molar-refractivity contribution in [1.29, 1.82) is 5.26 Å². The number of ether oxygens (including phenoxy) is 1. The molecule has 0 unspecified atom stereocenters. The number of halogens is 3. The van der Waals surface area contributed by atoms with Crippen molar-refractivity contribution in [1.82, 2.24) is 5.32 Å². The summed E-state index contributed by atoms with van der Waals surface area (Å²) in [6.07, 6.45) is -3.75. The van der Waals surface area contributed by atoms with Crippen LogP contribution in [0.25, 0.3) is 0 Å². The van der Waals surface area contributed by atoms with Gasteiger partial charge in [0.25, 0.3) is 0 Å². The maximum atomic E-state index is 12.5. The van der Waals surface area contributed by atoms with Crippen LogP contribution in [0.1, 0.15) is 42.5 Å². The highest BCUT2D eigenvalue weighted by Crippen LogP contribution is 2.33. The Kier molecular flexibility index (Phi) is 7.98. The minimum atomic E-state index is -4.20. The van der Waals surface area contributed by atoms with Crippen molar-refractivity contribution in [2.75, 3.05) is 24.6 Å². The summed E-state index contributed by atoms with van der Waals surface area (Å²) < 4.78 is 43.3. The molecule has 1 aliphatic rings. The Hall–Kier alpha value is -3.05. The number of carbonyl (C=O) groups excluding carboxylic acids is 1. The van der Waals surface area contributed by atoms with E-state index in [4.69, 9.17) is 4.74 Å². The van der Waals surface area contributed by atoms with E-state index in [1.165, 1.54) is 6.92 Å². The Morgan fingerprint density at radius 3 is 2.76 bits per heavy atom. The van der Waals surface area contributed by atoms with Gasteiger partial charge in [-0.3, -0.25) is 4.79 Å². The van der Waals surface area contributed by atoms with Gasteiger partial charge in [0.05, 0.1) is 11.3 Å². The van der Waals surface area contributed by atoms with E-state index in [0.29, 0.717) is 43.0 Å². The predicted molar refractivity (Wildman–Crippen MR) is 120 cm³/mol. The van der Waals surface area contributed by atoms with E-state index < -0.39 is 12.6 Å². The van der Waals surface area contributed by atoms with Gasteiger partial charge < -0.3 is 15.0 Å². The molecule has 0 aliphatic carbocycles. The SMILES string of the molecule is CC(=O)N1CCc2cc(C[C@@H](C)NCCOc3ccccc3CCC(F)(F)F)cc(C#N)c21. The standard InChI is InChI=1S/C25H28F3N3O2/c1-17(13-19-14-21-8-11-31(18(2)32)24(21)22(15-19)16-29)30-10-12-33-23-6-4-3-5-20(23)7-9-25(26,27)28/h3-6,14-15,17,30H,7-13H2,1-2H3/t17-/m1/s1. The molecule has 8 heteroatoms. The first-order valence-corrected chi connectivity index (χ1v) is 11.0. The summed E-state index contributed by atoms with van der Waals surface area (Å²) in [6, 6.07) is 13.0. The normalized spacial score (nSPS) is 14.0. The van der Waals surface area contributed by atoms with Crippen LogP contribution in [-0.2, 0) is 24.1 Å². The second-order valence-electron chi connectivity index (χ2n) is 8.31. The third kappa shape index (κ3) is 6.72. The molecule has 1 heterocycles. The number of hydrogen-bond donors (Lipinski definition) is 1. The number of nitriles is 1. The maximum absolute atomic E-state index is 12.5. The van der Waals surface area contributed by atoms with Crippen molar-refractivity contribution in [3.63, 3.8) is 0 Å². The summed E-state index contributed by atoms with van der Waals surface area (Å²) in [6.45, 7) is 4.99. The molecule has 0 aromatic heterocycles. The summed E-state index contributed by atoms with van der Waals surface area (Å²) in [7, 11) is 0. The number of carbonyl (C=O) groups is 1. The molecule has 0 bridgehead atoms. The lowest BCUT2D eigenvalue weighted by molar-refractivity contribution is -0.134. The number of nitrogens with one attached hydrogen (secondary N) is 1. The topological polar surface area (TPSA) is 65.4 Å². The zero-order chi connectivity index (χ0) is 24.0. The number of aryl methyl sites for hydroxylation is 1. The van der Waals surface area contributed by atoms with Crippen LogP contribution in [0, 0.1) is 11.3 Å². The van der Waals surface area contributed by atoms with Gasteiger partial charge >= 0.3 is 6.18 Å². The first-order chi connectivity index (χ1) is 15.7. The number of amides is 1. The van der Waals surface area contributed by atoms with E-state index in [1.807, 2.05) is 13.0 Å².